The van der Waals surface area contributed by atoms with E-state index >= 15 is 0 Å². The van der Waals surface area contributed by atoms with Gasteiger partial charge in [0.1, 0.15) is 12.4 Å². The van der Waals surface area contributed by atoms with E-state index in [1.54, 1.807) is 0 Å². The van der Waals surface area contributed by atoms with Crippen molar-refractivity contribution in [1.29, 1.82) is 0 Å². The number of nitro benzene ring substituents is 1. The van der Waals surface area contributed by atoms with Gasteiger partial charge in [0.25, 0.3) is 5.69 Å². The van der Waals surface area contributed by atoms with Crippen molar-refractivity contribution in [1.82, 2.24) is 0 Å². The summed E-state index contributed by atoms with van der Waals surface area (Å²) in [5, 5.41) is 26.7. The molecule has 0 heterocycles. The Labute approximate surface area is 130 Å². The van der Waals surface area contributed by atoms with Crippen LogP contribution in [0.2, 0.25) is 0 Å². The number of benzene rings is 1. The van der Waals surface area contributed by atoms with Gasteiger partial charge >= 0.3 is 5.97 Å². The molecule has 1 unspecified atom stereocenters. The van der Waals surface area contributed by atoms with Crippen LogP contribution in [0.15, 0.2) is 28.4 Å². The molecule has 23 heavy (non-hydrogen) atoms. The van der Waals surface area contributed by atoms with Crippen LogP contribution in [-0.2, 0) is 14.3 Å². The second-order valence-electron chi connectivity index (χ2n) is 4.32. The van der Waals surface area contributed by atoms with Gasteiger partial charge in [0.15, 0.2) is 11.5 Å². The molecule has 0 bridgehead atoms. The van der Waals surface area contributed by atoms with E-state index in [4.69, 9.17) is 14.6 Å². The number of methoxy groups -OCH3 is 1. The van der Waals surface area contributed by atoms with Gasteiger partial charge in [0.2, 0.25) is 6.04 Å². The molecule has 0 saturated carbocycles. The van der Waals surface area contributed by atoms with Gasteiger partial charge in [-0.1, -0.05) is 0 Å². The van der Waals surface area contributed by atoms with Crippen LogP contribution in [0.3, 0.4) is 0 Å². The highest BCUT2D eigenvalue weighted by Gasteiger charge is 2.23. The first-order valence-electron chi connectivity index (χ1n) is 6.41. The Kier molecular flexibility index (Phi) is 6.74. The van der Waals surface area contributed by atoms with Crippen molar-refractivity contribution in [2.45, 2.75) is 13.0 Å². The molecule has 10 nitrogen and oxygen atoms in total. The Morgan fingerprint density at radius 1 is 1.39 bits per heavy atom. The molecule has 0 aliphatic carbocycles. The minimum atomic E-state index is -1.70. The number of nitro groups is 1. The zero-order valence-corrected chi connectivity index (χ0v) is 12.5. The fourth-order valence-corrected chi connectivity index (χ4v) is 1.49. The number of carboxylic acid groups (broad SMARTS) is 1. The number of ether oxygens (including phenoxy) is 2. The first-order valence-corrected chi connectivity index (χ1v) is 6.41. The van der Waals surface area contributed by atoms with E-state index in [2.05, 4.69) is 10.2 Å². The molecule has 10 heteroatoms. The minimum Gasteiger partial charge on any atom is -0.491 e. The second kappa shape index (κ2) is 8.54. The first-order chi connectivity index (χ1) is 10.9. The maximum absolute atomic E-state index is 11.1. The molecule has 0 amide bonds. The molecule has 0 radical (unpaired) electrons. The summed E-state index contributed by atoms with van der Waals surface area (Å²) >= 11 is 0. The SMILES string of the molecule is COCCOc1ccc(N=NC(C(C)=O)C(=O)O)c([N+](=O)[O-])c1. The number of hydrogen-bond donors (Lipinski definition) is 1. The zero-order chi connectivity index (χ0) is 17.4. The molecular weight excluding hydrogens is 310 g/mol. The number of Topliss-reactive ketones (excluding diaryl/α,β-unsaturated/α-hetero) is 1. The quantitative estimate of drug-likeness (QED) is 0.239. The molecule has 0 aliphatic heterocycles. The summed E-state index contributed by atoms with van der Waals surface area (Å²) in [6.07, 6.45) is 0. The molecule has 1 atom stereocenters. The highest BCUT2D eigenvalue weighted by molar-refractivity contribution is 6.01. The molecule has 0 saturated heterocycles. The average Bonchev–Trinajstić information content (AvgIpc) is 2.47. The maximum atomic E-state index is 11.1. The number of carbonyl (C=O) groups is 2. The number of carboxylic acids is 1. The second-order valence-corrected chi connectivity index (χ2v) is 4.32. The van der Waals surface area contributed by atoms with Crippen LogP contribution in [-0.4, -0.2) is 48.1 Å². The van der Waals surface area contributed by atoms with Crippen molar-refractivity contribution in [2.75, 3.05) is 20.3 Å². The number of hydrogen-bond acceptors (Lipinski definition) is 8. The topological polar surface area (TPSA) is 141 Å². The Balaban J connectivity index is 3.04. The maximum Gasteiger partial charge on any atom is 0.338 e. The lowest BCUT2D eigenvalue weighted by molar-refractivity contribution is -0.384. The molecule has 1 aromatic rings. The molecule has 1 N–H and O–H groups in total. The summed E-state index contributed by atoms with van der Waals surface area (Å²) in [7, 11) is 1.49. The Bertz CT molecular complexity index is 616. The lowest BCUT2D eigenvalue weighted by Crippen LogP contribution is -2.25. The molecule has 0 aromatic heterocycles. The highest BCUT2D eigenvalue weighted by Crippen LogP contribution is 2.31. The predicted molar refractivity (Wildman–Crippen MR) is 77.1 cm³/mol. The third kappa shape index (κ3) is 5.43. The summed E-state index contributed by atoms with van der Waals surface area (Å²) in [6, 6.07) is 2.10. The Hall–Kier alpha value is -2.88. The number of aliphatic carboxylic acids is 1. The van der Waals surface area contributed by atoms with Crippen LogP contribution in [0.25, 0.3) is 0 Å². The number of carbonyl (C=O) groups excluding carboxylic acids is 1. The number of ketones is 1. The smallest absolute Gasteiger partial charge is 0.338 e. The van der Waals surface area contributed by atoms with Crippen LogP contribution in [0.4, 0.5) is 11.4 Å². The van der Waals surface area contributed by atoms with Gasteiger partial charge in [-0.15, -0.1) is 5.11 Å². The molecule has 1 rings (SSSR count). The van der Waals surface area contributed by atoms with Gasteiger partial charge in [0, 0.05) is 7.11 Å². The lowest BCUT2D eigenvalue weighted by atomic mass is 10.2. The van der Waals surface area contributed by atoms with Gasteiger partial charge in [-0.2, -0.15) is 5.11 Å². The monoisotopic (exact) mass is 325 g/mol. The summed E-state index contributed by atoms with van der Waals surface area (Å²) < 4.78 is 10.0. The Morgan fingerprint density at radius 2 is 2.09 bits per heavy atom. The molecule has 0 spiro atoms. The van der Waals surface area contributed by atoms with Crippen LogP contribution in [0.5, 0.6) is 5.75 Å². The van der Waals surface area contributed by atoms with Crippen molar-refractivity contribution in [3.8, 4) is 5.75 Å². The number of nitrogens with zero attached hydrogens (tertiary/aromatic N) is 3. The molecule has 1 aromatic carbocycles. The van der Waals surface area contributed by atoms with E-state index in [-0.39, 0.29) is 18.0 Å². The first kappa shape index (κ1) is 18.2. The van der Waals surface area contributed by atoms with Crippen molar-refractivity contribution < 1.29 is 29.1 Å². The van der Waals surface area contributed by atoms with Gasteiger partial charge in [-0.05, 0) is 19.1 Å². The number of rotatable bonds is 9. The predicted octanol–water partition coefficient (Wildman–Crippen LogP) is 1.75. The molecular formula is C13H15N3O7. The third-order valence-corrected chi connectivity index (χ3v) is 2.60. The van der Waals surface area contributed by atoms with E-state index in [1.807, 2.05) is 0 Å². The largest absolute Gasteiger partial charge is 0.491 e. The zero-order valence-electron chi connectivity index (χ0n) is 12.5. The minimum absolute atomic E-state index is 0.179. The molecule has 0 fully saturated rings. The van der Waals surface area contributed by atoms with E-state index in [9.17, 15) is 19.7 Å². The summed E-state index contributed by atoms with van der Waals surface area (Å²) in [4.78, 5) is 32.3. The number of azo groups is 1. The van der Waals surface area contributed by atoms with Crippen molar-refractivity contribution >= 4 is 23.1 Å². The van der Waals surface area contributed by atoms with Crippen LogP contribution < -0.4 is 4.74 Å². The van der Waals surface area contributed by atoms with Gasteiger partial charge in [-0.25, -0.2) is 4.79 Å². The van der Waals surface area contributed by atoms with Crippen molar-refractivity contribution in [3.63, 3.8) is 0 Å². The summed E-state index contributed by atoms with van der Waals surface area (Å²) in [5.74, 6) is -1.99. The van der Waals surface area contributed by atoms with Crippen LogP contribution >= 0.6 is 0 Å². The van der Waals surface area contributed by atoms with Gasteiger partial charge in [0.05, 0.1) is 17.6 Å². The lowest BCUT2D eigenvalue weighted by Gasteiger charge is -2.06. The van der Waals surface area contributed by atoms with E-state index < -0.39 is 28.4 Å². The fraction of sp³-hybridized carbons (Fsp3) is 0.385. The van der Waals surface area contributed by atoms with E-state index in [0.29, 0.717) is 6.61 Å². The Morgan fingerprint density at radius 3 is 2.61 bits per heavy atom. The fourth-order valence-electron chi connectivity index (χ4n) is 1.49. The van der Waals surface area contributed by atoms with Gasteiger partial charge in [-0.3, -0.25) is 14.9 Å². The third-order valence-electron chi connectivity index (χ3n) is 2.60. The summed E-state index contributed by atoms with van der Waals surface area (Å²) in [6.45, 7) is 1.56. The molecule has 124 valence electrons. The van der Waals surface area contributed by atoms with Crippen molar-refractivity contribution in [2.24, 2.45) is 10.2 Å². The van der Waals surface area contributed by atoms with E-state index in [0.717, 1.165) is 13.0 Å². The standard InChI is InChI=1S/C13H15N3O7/c1-8(17)12(13(18)19)15-14-10-4-3-9(23-6-5-22-2)7-11(10)16(20)21/h3-4,7,12H,5-6H2,1-2H3,(H,18,19). The van der Waals surface area contributed by atoms with Crippen LogP contribution in [0, 0.1) is 10.1 Å². The van der Waals surface area contributed by atoms with Crippen LogP contribution in [0.1, 0.15) is 6.92 Å². The van der Waals surface area contributed by atoms with Gasteiger partial charge < -0.3 is 14.6 Å². The normalized spacial score (nSPS) is 12.1. The molecule has 0 aliphatic rings. The highest BCUT2D eigenvalue weighted by atomic mass is 16.6. The van der Waals surface area contributed by atoms with E-state index in [1.165, 1.54) is 19.2 Å². The van der Waals surface area contributed by atoms with Crippen molar-refractivity contribution in [3.05, 3.63) is 28.3 Å². The summed E-state index contributed by atoms with van der Waals surface area (Å²) in [5.41, 5.74) is -0.599. The average molecular weight is 325 g/mol.